The summed E-state index contributed by atoms with van der Waals surface area (Å²) in [6, 6.07) is 70.0. The molecule has 732 valence electrons. The molecule has 142 heavy (non-hydrogen) atoms. The number of Topliss-reactive ketones (excluding diaryl/α,β-unsaturated/α-hetero) is 2. The molecule has 26 nitrogen and oxygen atoms in total. The first-order chi connectivity index (χ1) is 66.3. The minimum absolute atomic E-state index is 0. The molecule has 18 aromatic rings. The van der Waals surface area contributed by atoms with Crippen LogP contribution in [0.15, 0.2) is 218 Å². The Kier molecular flexibility index (Phi) is 34.9. The molecule has 2 aromatic carbocycles. The molecule has 2 fully saturated rings. The van der Waals surface area contributed by atoms with Gasteiger partial charge >= 0.3 is 84.3 Å². The van der Waals surface area contributed by atoms with Crippen molar-refractivity contribution in [2.24, 2.45) is 0 Å². The van der Waals surface area contributed by atoms with Crippen LogP contribution < -0.4 is 0 Å². The Morgan fingerprint density at radius 3 is 0.718 bits per heavy atom. The molecule has 2 aliphatic rings. The number of rotatable bonds is 22. The predicted octanol–water partition coefficient (Wildman–Crippen LogP) is 22.1. The Bertz CT molecular complexity index is 6970. The molecule has 0 unspecified atom stereocenters. The molecular formula is C110H106Cl2N24O2Pt4. The van der Waals surface area contributed by atoms with Gasteiger partial charge in [-0.3, -0.25) is 70.5 Å². The van der Waals surface area contributed by atoms with Crippen molar-refractivity contribution < 1.29 is 93.9 Å². The van der Waals surface area contributed by atoms with Crippen molar-refractivity contribution in [3.8, 4) is 69.1 Å². The van der Waals surface area contributed by atoms with Gasteiger partial charge in [0.25, 0.3) is 0 Å². The van der Waals surface area contributed by atoms with E-state index in [-0.39, 0.29) is 95.8 Å². The summed E-state index contributed by atoms with van der Waals surface area (Å²) in [5.41, 5.74) is 19.4. The van der Waals surface area contributed by atoms with Gasteiger partial charge in [0.2, 0.25) is 0 Å². The summed E-state index contributed by atoms with van der Waals surface area (Å²) in [5.74, 6) is 6.24. The van der Waals surface area contributed by atoms with Crippen LogP contribution in [0.5, 0.6) is 0 Å². The number of hydrogen-bond acceptors (Lipinski definition) is 18. The molecule has 16 heterocycles. The maximum Gasteiger partial charge on any atom is 2.00 e. The van der Waals surface area contributed by atoms with Crippen molar-refractivity contribution in [3.05, 3.63) is 380 Å². The van der Waals surface area contributed by atoms with E-state index in [0.29, 0.717) is 68.4 Å². The average Bonchev–Trinajstić information content (AvgIpc) is 1.64. The zero-order valence-electron chi connectivity index (χ0n) is 81.6. The van der Waals surface area contributed by atoms with Gasteiger partial charge in [-0.05, 0) is 205 Å². The third kappa shape index (κ3) is 24.2. The van der Waals surface area contributed by atoms with E-state index in [2.05, 4.69) is 202 Å². The molecular weight excluding hydrogens is 2540 g/mol. The monoisotopic (exact) mass is 2640 g/mol. The molecule has 0 bridgehead atoms. The topological polar surface area (TPSA) is 280 Å². The first kappa shape index (κ1) is 107. The van der Waals surface area contributed by atoms with E-state index in [1.807, 2.05) is 147 Å². The van der Waals surface area contributed by atoms with Crippen LogP contribution in [0, 0.1) is 91.1 Å². The number of aryl methyl sites for hydroxylation is 6. The van der Waals surface area contributed by atoms with Gasteiger partial charge in [-0.15, -0.1) is 71.7 Å². The second-order valence-corrected chi connectivity index (χ2v) is 38.2. The van der Waals surface area contributed by atoms with E-state index in [0.717, 1.165) is 91.1 Å². The fraction of sp³-hybridized carbons (Fsp3) is 0.291. The number of hydrogen-bond donors (Lipinski definition) is 0. The Morgan fingerprint density at radius 1 is 0.282 bits per heavy atom. The summed E-state index contributed by atoms with van der Waals surface area (Å²) in [6.45, 7) is 32.5. The van der Waals surface area contributed by atoms with E-state index >= 15 is 0 Å². The van der Waals surface area contributed by atoms with Crippen molar-refractivity contribution in [2.45, 2.75) is 208 Å². The van der Waals surface area contributed by atoms with Gasteiger partial charge in [-0.1, -0.05) is 268 Å². The van der Waals surface area contributed by atoms with Crippen LogP contribution in [0.1, 0.15) is 257 Å². The second kappa shape index (κ2) is 46.1. The smallest absolute Gasteiger partial charge is 0.343 e. The standard InChI is InChI=1S/C37H36N6.C31H36N6.C23H20N6O2.C19H14Cl2N6.4Pt/c1-23-19-25(3)35(26(4)20-23)29-15-17-42(40-29)33-13-9-11-31(38-33)37(7,8)32-12-10-14-34(39-32)43-18-16-30(41-43)36-27(5)21-24(2)22-28(36)6;1-31(2,27-15-9-17-29(32-27)36-21-19-25(34-36)23-11-5-3-6-12-23)28-16-10-18-30(33-28)37-22-20-26(35-37)24-13-7-4-8-14-24;1-15(30)17-11-13-28(26-17)21-9-5-7-19(24-21)23(3,4)20-8-6-10-22(25-20)29-14-12-18(27-29)16(2)31;1-19(2,13-5-3-7-17(22-13)26-11-9-15(20)24-26)14-6-4-8-18(23-14)27-12-10-16(21)25-27;;;;/h9-16,19-22H,1-8H3;9-10,15-20,23-24H,3-8,11-14H2,1-2H3;5-12H,1-4H3;3-10H,1-2H3;;;;/q4*-2;4*+2. The minimum Gasteiger partial charge on any atom is -0.343 e. The molecule has 20 rings (SSSR count). The molecule has 0 spiro atoms. The molecule has 0 atom stereocenters. The quantitative estimate of drug-likeness (QED) is 0.0450. The molecule has 2 saturated carbocycles. The average molecular weight is 2650 g/mol. The van der Waals surface area contributed by atoms with Gasteiger partial charge in [0, 0.05) is 88.9 Å². The number of nitrogens with zero attached hydrogens (tertiary/aromatic N) is 24. The van der Waals surface area contributed by atoms with Crippen LogP contribution in [-0.2, 0) is 106 Å². The normalized spacial score (nSPS) is 12.9. The second-order valence-electron chi connectivity index (χ2n) is 37.4. The van der Waals surface area contributed by atoms with Crippen LogP contribution in [0.3, 0.4) is 0 Å². The van der Waals surface area contributed by atoms with Crippen LogP contribution in [-0.4, -0.2) is 130 Å². The third-order valence-corrected chi connectivity index (χ3v) is 26.0. The first-order valence-electron chi connectivity index (χ1n) is 46.4. The summed E-state index contributed by atoms with van der Waals surface area (Å²) in [6.07, 6.45) is 37.7. The maximum atomic E-state index is 11.5. The van der Waals surface area contributed by atoms with Gasteiger partial charge in [0.05, 0.1) is 46.5 Å². The van der Waals surface area contributed by atoms with Crippen LogP contribution in [0.25, 0.3) is 69.1 Å². The molecule has 0 saturated heterocycles. The van der Waals surface area contributed by atoms with E-state index < -0.39 is 21.7 Å². The fourth-order valence-electron chi connectivity index (χ4n) is 17.8. The van der Waals surface area contributed by atoms with Crippen molar-refractivity contribution >= 4 is 34.8 Å². The molecule has 0 aliphatic heterocycles. The molecule has 0 amide bonds. The summed E-state index contributed by atoms with van der Waals surface area (Å²) in [5, 5.41) is 37.0. The summed E-state index contributed by atoms with van der Waals surface area (Å²) in [4.78, 5) is 62.1. The maximum absolute atomic E-state index is 11.5. The Labute approximate surface area is 896 Å². The molecule has 0 radical (unpaired) electrons. The van der Waals surface area contributed by atoms with Gasteiger partial charge in [-0.2, -0.15) is 0 Å². The summed E-state index contributed by atoms with van der Waals surface area (Å²) >= 11 is 11.8. The van der Waals surface area contributed by atoms with Crippen molar-refractivity contribution in [1.29, 1.82) is 0 Å². The van der Waals surface area contributed by atoms with Gasteiger partial charge in [0.1, 0.15) is 11.6 Å². The summed E-state index contributed by atoms with van der Waals surface area (Å²) < 4.78 is 13.0. The third-order valence-electron chi connectivity index (χ3n) is 25.6. The Hall–Kier alpha value is -12.0. The SMILES string of the molecule is CC(=O)c1c[c-]n(-c2cccc(C(C)(C)c3cccc(-n4[c-]cc(C(C)=O)n4)n3)n2)n1.CC(C)(c1cccc(-n2[c-]cc(C3CCCCC3)n2)n1)c1cccc(-n2[c-]cc(C3CCCCC3)n2)n1.CC(C)(c1cccc(-n2[c-]cc(Cl)n2)n1)c1cccc(-n2[c-]cc(Cl)n2)n1.Cc1cc(C)c(-c2c[c-]n(-c3cccc(C(C)(C)c4cccc(-n5[c-]cc(-c6c(C)cc(C)cc6C)n5)n4)n3)n2)c(C)c1.[Pt+2].[Pt+2].[Pt+2].[Pt+2]. The minimum atomic E-state index is -0.543. The number of benzene rings is 2. The largest absolute Gasteiger partial charge is 2.00 e. The number of pyridine rings is 8. The number of halogens is 2. The Morgan fingerprint density at radius 2 is 0.493 bits per heavy atom. The predicted molar refractivity (Wildman–Crippen MR) is 531 cm³/mol. The van der Waals surface area contributed by atoms with Crippen molar-refractivity contribution in [3.63, 3.8) is 0 Å². The van der Waals surface area contributed by atoms with E-state index in [1.54, 1.807) is 55.1 Å². The molecule has 32 heteroatoms. The zero-order chi connectivity index (χ0) is 96.9. The molecule has 2 aliphatic carbocycles. The zero-order valence-corrected chi connectivity index (χ0v) is 92.2. The van der Waals surface area contributed by atoms with E-state index in [4.69, 9.17) is 83.5 Å². The number of carbonyl (C=O) groups is 2. The molecule has 16 aromatic heterocycles. The van der Waals surface area contributed by atoms with Crippen LogP contribution in [0.4, 0.5) is 0 Å². The van der Waals surface area contributed by atoms with Gasteiger partial charge in [0.15, 0.2) is 0 Å². The van der Waals surface area contributed by atoms with Gasteiger partial charge in [-0.25, -0.2) is 10.2 Å². The van der Waals surface area contributed by atoms with Crippen LogP contribution >= 0.6 is 23.2 Å². The van der Waals surface area contributed by atoms with E-state index in [9.17, 15) is 9.59 Å². The van der Waals surface area contributed by atoms with Crippen LogP contribution in [0.2, 0.25) is 10.3 Å². The number of carbonyl (C=O) groups excluding carboxylic acids is 2. The summed E-state index contributed by atoms with van der Waals surface area (Å²) in [7, 11) is 0. The fourth-order valence-corrected chi connectivity index (χ4v) is 18.1. The van der Waals surface area contributed by atoms with Crippen molar-refractivity contribution in [1.82, 2.24) is 118 Å². The number of aromatic nitrogens is 24. The van der Waals surface area contributed by atoms with Crippen molar-refractivity contribution in [2.75, 3.05) is 0 Å². The molecule has 0 N–H and O–H groups in total. The number of ketones is 2. The van der Waals surface area contributed by atoms with E-state index in [1.165, 1.54) is 130 Å². The Balaban J connectivity index is 0.000000160. The van der Waals surface area contributed by atoms with Gasteiger partial charge < -0.3 is 47.0 Å². The first-order valence-corrected chi connectivity index (χ1v) is 47.2.